The second kappa shape index (κ2) is 9.02. The van der Waals surface area contributed by atoms with Crippen molar-refractivity contribution in [1.82, 2.24) is 0 Å². The van der Waals surface area contributed by atoms with E-state index >= 15 is 0 Å². The van der Waals surface area contributed by atoms with Gasteiger partial charge in [0.05, 0.1) is 0 Å². The van der Waals surface area contributed by atoms with Gasteiger partial charge in [0, 0.05) is 6.42 Å². The fourth-order valence-corrected chi connectivity index (χ4v) is 3.71. The van der Waals surface area contributed by atoms with Gasteiger partial charge in [-0.25, -0.2) is 0 Å². The van der Waals surface area contributed by atoms with Gasteiger partial charge in [-0.15, -0.1) is 0 Å². The maximum atomic E-state index is 11.9. The van der Waals surface area contributed by atoms with Crippen molar-refractivity contribution < 1.29 is 9.53 Å². The SMILES string of the molecule is CCCCCC(=O)Oc1ccc2cc(C3=CCC(CC)CC3)ccc2c1. The fourth-order valence-electron chi connectivity index (χ4n) is 3.71. The number of unbranched alkanes of at least 4 members (excludes halogenated alkanes) is 2. The largest absolute Gasteiger partial charge is 0.427 e. The van der Waals surface area contributed by atoms with E-state index in [1.54, 1.807) is 0 Å². The number of hydrogen-bond donors (Lipinski definition) is 0. The van der Waals surface area contributed by atoms with E-state index in [1.807, 2.05) is 12.1 Å². The second-order valence-corrected chi connectivity index (χ2v) is 7.43. The Hall–Kier alpha value is -2.09. The van der Waals surface area contributed by atoms with Crippen molar-refractivity contribution in [3.8, 4) is 5.75 Å². The molecule has 0 heterocycles. The summed E-state index contributed by atoms with van der Waals surface area (Å²) < 4.78 is 5.49. The van der Waals surface area contributed by atoms with E-state index in [0.717, 1.165) is 30.6 Å². The second-order valence-electron chi connectivity index (χ2n) is 7.43. The van der Waals surface area contributed by atoms with Gasteiger partial charge in [0.1, 0.15) is 5.75 Å². The van der Waals surface area contributed by atoms with Crippen LogP contribution in [0.4, 0.5) is 0 Å². The lowest BCUT2D eigenvalue weighted by molar-refractivity contribution is -0.134. The van der Waals surface area contributed by atoms with Crippen LogP contribution in [0, 0.1) is 5.92 Å². The first-order valence-corrected chi connectivity index (χ1v) is 10.1. The maximum Gasteiger partial charge on any atom is 0.311 e. The summed E-state index contributed by atoms with van der Waals surface area (Å²) in [6.07, 6.45) is 11.0. The van der Waals surface area contributed by atoms with Gasteiger partial charge in [-0.2, -0.15) is 0 Å². The molecule has 0 fully saturated rings. The minimum atomic E-state index is -0.132. The van der Waals surface area contributed by atoms with Crippen molar-refractivity contribution in [2.24, 2.45) is 5.92 Å². The number of benzene rings is 2. The van der Waals surface area contributed by atoms with Gasteiger partial charge >= 0.3 is 5.97 Å². The molecule has 0 N–H and O–H groups in total. The molecule has 26 heavy (non-hydrogen) atoms. The van der Waals surface area contributed by atoms with E-state index in [9.17, 15) is 4.79 Å². The smallest absolute Gasteiger partial charge is 0.311 e. The Morgan fingerprint density at radius 1 is 1.08 bits per heavy atom. The Kier molecular flexibility index (Phi) is 6.49. The van der Waals surface area contributed by atoms with Gasteiger partial charge in [-0.3, -0.25) is 4.79 Å². The number of fused-ring (bicyclic) bond motifs is 1. The minimum Gasteiger partial charge on any atom is -0.427 e. The van der Waals surface area contributed by atoms with Crippen molar-refractivity contribution in [2.45, 2.75) is 65.2 Å². The molecule has 0 saturated heterocycles. The molecule has 0 saturated carbocycles. The molecular formula is C24H30O2. The van der Waals surface area contributed by atoms with E-state index < -0.39 is 0 Å². The van der Waals surface area contributed by atoms with Gasteiger partial charge in [0.2, 0.25) is 0 Å². The van der Waals surface area contributed by atoms with Crippen LogP contribution >= 0.6 is 0 Å². The molecule has 0 bridgehead atoms. The summed E-state index contributed by atoms with van der Waals surface area (Å²) in [6, 6.07) is 12.6. The third kappa shape index (κ3) is 4.75. The average Bonchev–Trinajstić information content (AvgIpc) is 2.68. The van der Waals surface area contributed by atoms with E-state index in [-0.39, 0.29) is 5.97 Å². The van der Waals surface area contributed by atoms with Crippen LogP contribution in [0.1, 0.15) is 70.8 Å². The molecule has 1 aliphatic carbocycles. The van der Waals surface area contributed by atoms with Crippen LogP contribution in [-0.4, -0.2) is 5.97 Å². The van der Waals surface area contributed by atoms with Gasteiger partial charge in [-0.05, 0) is 71.7 Å². The normalized spacial score (nSPS) is 17.2. The Labute approximate surface area is 157 Å². The molecule has 1 unspecified atom stereocenters. The Morgan fingerprint density at radius 2 is 1.88 bits per heavy atom. The summed E-state index contributed by atoms with van der Waals surface area (Å²) in [7, 11) is 0. The lowest BCUT2D eigenvalue weighted by Crippen LogP contribution is -2.07. The van der Waals surface area contributed by atoms with Crippen molar-refractivity contribution in [3.63, 3.8) is 0 Å². The van der Waals surface area contributed by atoms with Crippen LogP contribution in [0.3, 0.4) is 0 Å². The number of allylic oxidation sites excluding steroid dienone is 2. The Balaban J connectivity index is 1.70. The summed E-state index contributed by atoms with van der Waals surface area (Å²) in [6.45, 7) is 4.42. The molecule has 1 atom stereocenters. The maximum absolute atomic E-state index is 11.9. The molecule has 1 aliphatic rings. The van der Waals surface area contributed by atoms with Gasteiger partial charge in [0.25, 0.3) is 0 Å². The van der Waals surface area contributed by atoms with E-state index in [1.165, 1.54) is 42.2 Å². The topological polar surface area (TPSA) is 26.3 Å². The summed E-state index contributed by atoms with van der Waals surface area (Å²) >= 11 is 0. The van der Waals surface area contributed by atoms with Gasteiger partial charge in [-0.1, -0.05) is 57.4 Å². The zero-order valence-electron chi connectivity index (χ0n) is 16.1. The van der Waals surface area contributed by atoms with E-state index in [2.05, 4.69) is 44.2 Å². The fraction of sp³-hybridized carbons (Fsp3) is 0.458. The highest BCUT2D eigenvalue weighted by Gasteiger charge is 2.14. The highest BCUT2D eigenvalue weighted by atomic mass is 16.5. The summed E-state index contributed by atoms with van der Waals surface area (Å²) in [5.41, 5.74) is 2.80. The van der Waals surface area contributed by atoms with E-state index in [0.29, 0.717) is 12.2 Å². The van der Waals surface area contributed by atoms with E-state index in [4.69, 9.17) is 4.74 Å². The zero-order valence-corrected chi connectivity index (χ0v) is 16.1. The molecule has 2 nitrogen and oxygen atoms in total. The number of ether oxygens (including phenoxy) is 1. The standard InChI is InChI=1S/C24H30O2/c1-3-5-6-7-24(25)26-23-15-14-21-16-20(12-13-22(21)17-23)19-10-8-18(4-2)9-11-19/h10,12-18H,3-9,11H2,1-2H3. The summed E-state index contributed by atoms with van der Waals surface area (Å²) in [4.78, 5) is 11.9. The molecule has 2 aromatic carbocycles. The quantitative estimate of drug-likeness (QED) is 0.308. The average molecular weight is 351 g/mol. The van der Waals surface area contributed by atoms with Crippen LogP contribution in [0.15, 0.2) is 42.5 Å². The molecule has 2 aromatic rings. The Bertz CT molecular complexity index is 788. The third-order valence-electron chi connectivity index (χ3n) is 5.50. The molecular weight excluding hydrogens is 320 g/mol. The van der Waals surface area contributed by atoms with Crippen LogP contribution < -0.4 is 4.74 Å². The van der Waals surface area contributed by atoms with Gasteiger partial charge < -0.3 is 4.74 Å². The molecule has 2 heteroatoms. The van der Waals surface area contributed by atoms with Gasteiger partial charge in [0.15, 0.2) is 0 Å². The predicted molar refractivity (Wildman–Crippen MR) is 109 cm³/mol. The van der Waals surface area contributed by atoms with Crippen LogP contribution in [0.5, 0.6) is 5.75 Å². The highest BCUT2D eigenvalue weighted by molar-refractivity contribution is 5.88. The van der Waals surface area contributed by atoms with Crippen molar-refractivity contribution in [3.05, 3.63) is 48.0 Å². The molecule has 0 amide bonds. The predicted octanol–water partition coefficient (Wildman–Crippen LogP) is 6.92. The highest BCUT2D eigenvalue weighted by Crippen LogP contribution is 2.33. The molecule has 0 spiro atoms. The lowest BCUT2D eigenvalue weighted by Gasteiger charge is -2.21. The number of carbonyl (C=O) groups is 1. The lowest BCUT2D eigenvalue weighted by atomic mass is 9.85. The van der Waals surface area contributed by atoms with Crippen LogP contribution in [0.25, 0.3) is 16.3 Å². The molecule has 0 aromatic heterocycles. The summed E-state index contributed by atoms with van der Waals surface area (Å²) in [5, 5.41) is 2.32. The third-order valence-corrected chi connectivity index (χ3v) is 5.50. The van der Waals surface area contributed by atoms with Crippen molar-refractivity contribution in [2.75, 3.05) is 0 Å². The number of carbonyl (C=O) groups excluding carboxylic acids is 1. The molecule has 3 rings (SSSR count). The first-order chi connectivity index (χ1) is 12.7. The summed E-state index contributed by atoms with van der Waals surface area (Å²) in [5.74, 6) is 1.37. The minimum absolute atomic E-state index is 0.132. The van der Waals surface area contributed by atoms with Crippen LogP contribution in [-0.2, 0) is 4.79 Å². The number of hydrogen-bond acceptors (Lipinski definition) is 2. The molecule has 138 valence electrons. The van der Waals surface area contributed by atoms with Crippen molar-refractivity contribution in [1.29, 1.82) is 0 Å². The van der Waals surface area contributed by atoms with Crippen molar-refractivity contribution >= 4 is 22.3 Å². The first-order valence-electron chi connectivity index (χ1n) is 10.1. The monoisotopic (exact) mass is 350 g/mol. The molecule has 0 radical (unpaired) electrons. The number of esters is 1. The first kappa shape index (κ1) is 18.7. The Morgan fingerprint density at radius 3 is 2.62 bits per heavy atom. The number of rotatable bonds is 7. The molecule has 0 aliphatic heterocycles. The van der Waals surface area contributed by atoms with Crippen LogP contribution in [0.2, 0.25) is 0 Å². The zero-order chi connectivity index (χ0) is 18.4.